The molecule has 3 unspecified atom stereocenters. The molecule has 0 aromatic carbocycles. The SMILES string of the molecule is CC[C@H]1OC(=O)CC(=O)[C@H](C)[C@@H](O[C@@H]2OC(CN(C)C3CCC3)CC(N(C)C)C2O)[C@](C)(OC)C[C@@H](C)CN(C)[C@H](C)[C@H]2NC(=O)O[C@@]21C. The molecule has 4 rings (SSSR count). The van der Waals surface area contributed by atoms with Crippen molar-refractivity contribution in [2.45, 2.75) is 153 Å². The fourth-order valence-corrected chi connectivity index (χ4v) is 8.59. The first-order valence-corrected chi connectivity index (χ1v) is 18.3. The number of hydrogen-bond acceptors (Lipinski definition) is 12. The molecule has 49 heavy (non-hydrogen) atoms. The number of esters is 1. The first-order chi connectivity index (χ1) is 22.9. The van der Waals surface area contributed by atoms with E-state index in [1.165, 1.54) is 19.3 Å². The van der Waals surface area contributed by atoms with Gasteiger partial charge in [-0.2, -0.15) is 0 Å². The number of methoxy groups -OCH3 is 1. The summed E-state index contributed by atoms with van der Waals surface area (Å²) in [5, 5.41) is 14.6. The van der Waals surface area contributed by atoms with Crippen LogP contribution in [0.1, 0.15) is 86.5 Å². The number of alkyl carbamates (subject to hydrolysis) is 1. The van der Waals surface area contributed by atoms with Crippen molar-refractivity contribution in [3.05, 3.63) is 0 Å². The van der Waals surface area contributed by atoms with Crippen LogP contribution in [0.4, 0.5) is 4.79 Å². The van der Waals surface area contributed by atoms with Crippen LogP contribution in [0.15, 0.2) is 0 Å². The van der Waals surface area contributed by atoms with E-state index < -0.39 is 66.2 Å². The molecule has 1 saturated carbocycles. The summed E-state index contributed by atoms with van der Waals surface area (Å²) in [4.78, 5) is 46.5. The molecule has 3 saturated heterocycles. The lowest BCUT2D eigenvalue weighted by Crippen LogP contribution is -2.60. The third kappa shape index (κ3) is 8.78. The molecule has 282 valence electrons. The lowest BCUT2D eigenvalue weighted by Gasteiger charge is -2.48. The smallest absolute Gasteiger partial charge is 0.408 e. The summed E-state index contributed by atoms with van der Waals surface area (Å²) in [6, 6.07) is -0.336. The van der Waals surface area contributed by atoms with E-state index in [0.29, 0.717) is 38.4 Å². The number of ether oxygens (including phenoxy) is 5. The van der Waals surface area contributed by atoms with Crippen LogP contribution in [0.3, 0.4) is 0 Å². The summed E-state index contributed by atoms with van der Waals surface area (Å²) in [6.07, 6.45) is 0.238. The van der Waals surface area contributed by atoms with Gasteiger partial charge in [0.2, 0.25) is 0 Å². The summed E-state index contributed by atoms with van der Waals surface area (Å²) in [7, 11) is 9.61. The Morgan fingerprint density at radius 1 is 1.10 bits per heavy atom. The van der Waals surface area contributed by atoms with Gasteiger partial charge in [-0.05, 0) is 87.0 Å². The fourth-order valence-electron chi connectivity index (χ4n) is 8.59. The number of nitrogens with one attached hydrogen (secondary N) is 1. The van der Waals surface area contributed by atoms with Crippen molar-refractivity contribution in [1.82, 2.24) is 20.0 Å². The molecule has 1 amide bonds. The Bertz CT molecular complexity index is 1160. The number of likely N-dealkylation sites (N-methyl/N-ethyl adjacent to an activating group) is 3. The van der Waals surface area contributed by atoms with Crippen molar-refractivity contribution in [3.63, 3.8) is 0 Å². The molecule has 13 heteroatoms. The Balaban J connectivity index is 1.66. The van der Waals surface area contributed by atoms with Crippen LogP contribution < -0.4 is 5.32 Å². The number of carbonyl (C=O) groups excluding carboxylic acids is 3. The van der Waals surface area contributed by atoms with E-state index in [4.69, 9.17) is 23.7 Å². The van der Waals surface area contributed by atoms with Crippen LogP contribution in [0, 0.1) is 11.8 Å². The highest BCUT2D eigenvalue weighted by Crippen LogP contribution is 2.38. The summed E-state index contributed by atoms with van der Waals surface area (Å²) in [6.45, 7) is 12.8. The minimum Gasteiger partial charge on any atom is -0.458 e. The molecular weight excluding hydrogens is 632 g/mol. The third-order valence-corrected chi connectivity index (χ3v) is 12.0. The molecule has 0 spiro atoms. The average Bonchev–Trinajstić information content (AvgIpc) is 3.31. The number of nitrogens with zero attached hydrogens (tertiary/aromatic N) is 3. The van der Waals surface area contributed by atoms with Gasteiger partial charge in [0.05, 0.1) is 23.9 Å². The van der Waals surface area contributed by atoms with Crippen LogP contribution >= 0.6 is 0 Å². The molecule has 1 aliphatic carbocycles. The van der Waals surface area contributed by atoms with Crippen molar-refractivity contribution < 1.29 is 43.2 Å². The van der Waals surface area contributed by atoms with E-state index in [-0.39, 0.29) is 29.9 Å². The summed E-state index contributed by atoms with van der Waals surface area (Å²) in [5.41, 5.74) is -2.14. The Labute approximate surface area is 293 Å². The predicted octanol–water partition coefficient (Wildman–Crippen LogP) is 2.81. The number of carbonyl (C=O) groups is 3. The van der Waals surface area contributed by atoms with Gasteiger partial charge in [-0.3, -0.25) is 9.59 Å². The minimum atomic E-state index is -1.14. The third-order valence-electron chi connectivity index (χ3n) is 12.0. The fraction of sp³-hybridized carbons (Fsp3) is 0.917. The van der Waals surface area contributed by atoms with Crippen LogP contribution in [-0.4, -0.2) is 152 Å². The number of cyclic esters (lactones) is 1. The number of aliphatic hydroxyl groups excluding tert-OH is 1. The van der Waals surface area contributed by atoms with E-state index in [9.17, 15) is 19.5 Å². The van der Waals surface area contributed by atoms with Gasteiger partial charge >= 0.3 is 12.1 Å². The molecule has 3 heterocycles. The largest absolute Gasteiger partial charge is 0.458 e. The molecule has 4 fully saturated rings. The lowest BCUT2D eigenvalue weighted by atomic mass is 9.79. The highest BCUT2D eigenvalue weighted by Gasteiger charge is 2.55. The number of amides is 1. The number of hydrogen-bond donors (Lipinski definition) is 2. The highest BCUT2D eigenvalue weighted by atomic mass is 16.7. The molecule has 0 aromatic rings. The maximum Gasteiger partial charge on any atom is 0.408 e. The highest BCUT2D eigenvalue weighted by molar-refractivity contribution is 5.97. The van der Waals surface area contributed by atoms with Gasteiger partial charge in [0.25, 0.3) is 0 Å². The van der Waals surface area contributed by atoms with Gasteiger partial charge in [-0.25, -0.2) is 4.79 Å². The van der Waals surface area contributed by atoms with Crippen LogP contribution in [0.5, 0.6) is 0 Å². The normalized spacial score (nSPS) is 42.1. The first kappa shape index (κ1) is 39.9. The van der Waals surface area contributed by atoms with Crippen molar-refractivity contribution in [2.24, 2.45) is 11.8 Å². The topological polar surface area (TPSA) is 139 Å². The second-order valence-corrected chi connectivity index (χ2v) is 16.0. The van der Waals surface area contributed by atoms with Crippen molar-refractivity contribution in [3.8, 4) is 0 Å². The van der Waals surface area contributed by atoms with Crippen LogP contribution in [0.25, 0.3) is 0 Å². The predicted molar refractivity (Wildman–Crippen MR) is 184 cm³/mol. The zero-order chi connectivity index (χ0) is 36.4. The quantitative estimate of drug-likeness (QED) is 0.285. The summed E-state index contributed by atoms with van der Waals surface area (Å²) >= 11 is 0. The summed E-state index contributed by atoms with van der Waals surface area (Å²) in [5.74, 6) is -1.84. The van der Waals surface area contributed by atoms with Crippen molar-refractivity contribution in [2.75, 3.05) is 48.4 Å². The Kier molecular flexibility index (Phi) is 13.2. The number of rotatable bonds is 8. The van der Waals surface area contributed by atoms with Gasteiger partial charge < -0.3 is 48.8 Å². The summed E-state index contributed by atoms with van der Waals surface area (Å²) < 4.78 is 31.3. The van der Waals surface area contributed by atoms with Gasteiger partial charge in [-0.1, -0.05) is 27.2 Å². The van der Waals surface area contributed by atoms with Gasteiger partial charge in [0.1, 0.15) is 24.4 Å². The molecule has 3 aliphatic heterocycles. The van der Waals surface area contributed by atoms with Crippen LogP contribution in [0.2, 0.25) is 0 Å². The molecule has 2 N–H and O–H groups in total. The monoisotopic (exact) mass is 696 g/mol. The molecule has 13 nitrogen and oxygen atoms in total. The molecular formula is C36H64N4O9. The van der Waals surface area contributed by atoms with Crippen molar-refractivity contribution in [1.29, 1.82) is 0 Å². The maximum atomic E-state index is 14.0. The standard InChI is InChI=1S/C36H64N4O9/c1-12-28-36(6)31(37-34(44)49-36)23(4)39(9)19-21(2)18-35(5,45-11)32(22(3)27(41)17-29(42)47-28)48-33-30(43)26(38(7)8)16-25(46-33)20-40(10)24-14-13-15-24/h21-26,28,30-33,43H,12-20H2,1-11H3,(H,37,44)/t21-,22+,23-,25?,26?,28-,30?,31-,32-,33+,35-,36-/m1/s1. The number of Topliss-reactive ketones (excluding diaryl/α,β-unsaturated/α-hetero) is 1. The Morgan fingerprint density at radius 2 is 1.78 bits per heavy atom. The van der Waals surface area contributed by atoms with Gasteiger partial charge in [0.15, 0.2) is 11.9 Å². The second-order valence-electron chi connectivity index (χ2n) is 16.0. The number of ketones is 1. The lowest BCUT2D eigenvalue weighted by molar-refractivity contribution is -0.299. The van der Waals surface area contributed by atoms with E-state index in [1.54, 1.807) is 21.0 Å². The Hall–Kier alpha value is -1.87. The van der Waals surface area contributed by atoms with Gasteiger partial charge in [0, 0.05) is 44.2 Å². The van der Waals surface area contributed by atoms with Gasteiger partial charge in [-0.15, -0.1) is 0 Å². The molecule has 0 bridgehead atoms. The molecule has 4 aliphatic rings. The zero-order valence-electron chi connectivity index (χ0n) is 31.8. The first-order valence-electron chi connectivity index (χ1n) is 18.3. The Morgan fingerprint density at radius 3 is 2.35 bits per heavy atom. The zero-order valence-corrected chi connectivity index (χ0v) is 31.8. The van der Waals surface area contributed by atoms with E-state index in [2.05, 4.69) is 29.1 Å². The second kappa shape index (κ2) is 16.2. The van der Waals surface area contributed by atoms with Crippen LogP contribution in [-0.2, 0) is 33.3 Å². The number of aliphatic hydroxyl groups is 1. The van der Waals surface area contributed by atoms with E-state index in [0.717, 1.165) is 0 Å². The molecule has 0 aromatic heterocycles. The average molecular weight is 697 g/mol. The molecule has 0 radical (unpaired) electrons. The molecule has 12 atom stereocenters. The van der Waals surface area contributed by atoms with E-state index >= 15 is 0 Å². The van der Waals surface area contributed by atoms with Crippen molar-refractivity contribution >= 4 is 17.8 Å². The minimum absolute atomic E-state index is 0.0515. The van der Waals surface area contributed by atoms with E-state index in [1.807, 2.05) is 46.8 Å². The number of fused-ring (bicyclic) bond motifs is 1. The maximum absolute atomic E-state index is 14.0.